The number of para-hydroxylation sites is 1. The molecule has 0 aliphatic heterocycles. The van der Waals surface area contributed by atoms with Gasteiger partial charge in [0.05, 0.1) is 13.7 Å². The van der Waals surface area contributed by atoms with Crippen LogP contribution in [-0.4, -0.2) is 13.7 Å². The van der Waals surface area contributed by atoms with E-state index in [9.17, 15) is 0 Å². The summed E-state index contributed by atoms with van der Waals surface area (Å²) in [6, 6.07) is 22.5. The molecule has 0 fully saturated rings. The minimum atomic E-state index is 0.520. The van der Waals surface area contributed by atoms with Gasteiger partial charge in [0.25, 0.3) is 0 Å². The SMILES string of the molecule is CCOc1cc(CNCc2ccccc2OC)ccc1OCc1ccc(C)cc1. The monoisotopic (exact) mass is 391 g/mol. The van der Waals surface area contributed by atoms with Crippen LogP contribution in [0.5, 0.6) is 17.2 Å². The van der Waals surface area contributed by atoms with E-state index >= 15 is 0 Å². The van der Waals surface area contributed by atoms with Crippen LogP contribution in [0.25, 0.3) is 0 Å². The molecular formula is C25H29NO3. The van der Waals surface area contributed by atoms with Crippen molar-refractivity contribution in [1.29, 1.82) is 0 Å². The van der Waals surface area contributed by atoms with Gasteiger partial charge in [0.15, 0.2) is 11.5 Å². The molecule has 152 valence electrons. The number of hydrogen-bond donors (Lipinski definition) is 1. The number of methoxy groups -OCH3 is 1. The van der Waals surface area contributed by atoms with Crippen LogP contribution in [0.1, 0.15) is 29.2 Å². The van der Waals surface area contributed by atoms with Crippen molar-refractivity contribution in [2.75, 3.05) is 13.7 Å². The molecule has 0 amide bonds. The van der Waals surface area contributed by atoms with Crippen LogP contribution < -0.4 is 19.5 Å². The lowest BCUT2D eigenvalue weighted by Crippen LogP contribution is -2.13. The molecule has 0 aliphatic rings. The van der Waals surface area contributed by atoms with E-state index < -0.39 is 0 Å². The van der Waals surface area contributed by atoms with Crippen LogP contribution in [0, 0.1) is 6.92 Å². The highest BCUT2D eigenvalue weighted by Gasteiger charge is 2.08. The van der Waals surface area contributed by atoms with Crippen LogP contribution in [0.3, 0.4) is 0 Å². The van der Waals surface area contributed by atoms with E-state index in [1.165, 1.54) is 5.56 Å². The van der Waals surface area contributed by atoms with Crippen molar-refractivity contribution in [3.05, 3.63) is 89.0 Å². The van der Waals surface area contributed by atoms with Crippen molar-refractivity contribution in [3.8, 4) is 17.2 Å². The standard InChI is InChI=1S/C25H29NO3/c1-4-28-25-15-21(16-26-17-22-7-5-6-8-23(22)27-3)13-14-24(25)29-18-20-11-9-19(2)10-12-20/h5-15,26H,4,16-18H2,1-3H3. The summed E-state index contributed by atoms with van der Waals surface area (Å²) in [6.45, 7) is 6.65. The maximum Gasteiger partial charge on any atom is 0.161 e. The van der Waals surface area contributed by atoms with E-state index in [-0.39, 0.29) is 0 Å². The fourth-order valence-electron chi connectivity index (χ4n) is 3.09. The molecule has 29 heavy (non-hydrogen) atoms. The summed E-state index contributed by atoms with van der Waals surface area (Å²) in [4.78, 5) is 0. The maximum absolute atomic E-state index is 6.01. The third-order valence-corrected chi connectivity index (χ3v) is 4.66. The summed E-state index contributed by atoms with van der Waals surface area (Å²) in [6.07, 6.45) is 0. The van der Waals surface area contributed by atoms with Gasteiger partial charge in [-0.05, 0) is 43.2 Å². The molecule has 3 rings (SSSR count). The van der Waals surface area contributed by atoms with Crippen molar-refractivity contribution in [3.63, 3.8) is 0 Å². The lowest BCUT2D eigenvalue weighted by Gasteiger charge is -2.14. The number of ether oxygens (including phenoxy) is 3. The van der Waals surface area contributed by atoms with Crippen molar-refractivity contribution < 1.29 is 14.2 Å². The predicted octanol–water partition coefficient (Wildman–Crippen LogP) is 5.27. The Morgan fingerprint density at radius 2 is 1.52 bits per heavy atom. The van der Waals surface area contributed by atoms with Crippen molar-refractivity contribution in [2.45, 2.75) is 33.5 Å². The van der Waals surface area contributed by atoms with Gasteiger partial charge in [-0.25, -0.2) is 0 Å². The third-order valence-electron chi connectivity index (χ3n) is 4.66. The highest BCUT2D eigenvalue weighted by molar-refractivity contribution is 5.43. The lowest BCUT2D eigenvalue weighted by atomic mass is 10.1. The van der Waals surface area contributed by atoms with Gasteiger partial charge in [-0.3, -0.25) is 0 Å². The molecule has 0 heterocycles. The summed E-state index contributed by atoms with van der Waals surface area (Å²) in [5, 5.41) is 3.47. The molecule has 3 aromatic carbocycles. The Balaban J connectivity index is 1.61. The Hall–Kier alpha value is -2.98. The zero-order valence-corrected chi connectivity index (χ0v) is 17.4. The largest absolute Gasteiger partial charge is 0.496 e. The molecule has 0 aliphatic carbocycles. The highest BCUT2D eigenvalue weighted by Crippen LogP contribution is 2.29. The van der Waals surface area contributed by atoms with E-state index in [0.717, 1.165) is 47.0 Å². The number of aryl methyl sites for hydroxylation is 1. The number of nitrogens with one attached hydrogen (secondary N) is 1. The zero-order chi connectivity index (χ0) is 20.5. The van der Waals surface area contributed by atoms with Crippen LogP contribution in [-0.2, 0) is 19.7 Å². The van der Waals surface area contributed by atoms with E-state index in [0.29, 0.717) is 13.2 Å². The molecule has 0 spiro atoms. The van der Waals surface area contributed by atoms with Gasteiger partial charge in [-0.2, -0.15) is 0 Å². The van der Waals surface area contributed by atoms with Crippen LogP contribution in [0.2, 0.25) is 0 Å². The second-order valence-electron chi connectivity index (χ2n) is 6.90. The summed E-state index contributed by atoms with van der Waals surface area (Å²) < 4.78 is 17.2. The molecule has 4 nitrogen and oxygen atoms in total. The van der Waals surface area contributed by atoms with Crippen LogP contribution in [0.15, 0.2) is 66.7 Å². The molecule has 0 saturated heterocycles. The summed E-state index contributed by atoms with van der Waals surface area (Å²) in [5.41, 5.74) is 4.67. The summed E-state index contributed by atoms with van der Waals surface area (Å²) in [7, 11) is 1.70. The molecule has 0 aromatic heterocycles. The molecule has 0 atom stereocenters. The van der Waals surface area contributed by atoms with E-state index in [2.05, 4.69) is 48.6 Å². The highest BCUT2D eigenvalue weighted by atomic mass is 16.5. The van der Waals surface area contributed by atoms with Gasteiger partial charge in [-0.15, -0.1) is 0 Å². The first kappa shape index (κ1) is 20.7. The van der Waals surface area contributed by atoms with Crippen molar-refractivity contribution in [2.24, 2.45) is 0 Å². The summed E-state index contributed by atoms with van der Waals surface area (Å²) >= 11 is 0. The predicted molar refractivity (Wildman–Crippen MR) is 117 cm³/mol. The normalized spacial score (nSPS) is 10.6. The van der Waals surface area contributed by atoms with Crippen LogP contribution >= 0.6 is 0 Å². The van der Waals surface area contributed by atoms with Gasteiger partial charge in [0.2, 0.25) is 0 Å². The quantitative estimate of drug-likeness (QED) is 0.511. The van der Waals surface area contributed by atoms with Gasteiger partial charge in [0, 0.05) is 18.7 Å². The van der Waals surface area contributed by atoms with Gasteiger partial charge < -0.3 is 19.5 Å². The Morgan fingerprint density at radius 3 is 2.28 bits per heavy atom. The van der Waals surface area contributed by atoms with Gasteiger partial charge in [-0.1, -0.05) is 54.1 Å². The fourth-order valence-corrected chi connectivity index (χ4v) is 3.09. The first-order chi connectivity index (χ1) is 14.2. The summed E-state index contributed by atoms with van der Waals surface area (Å²) in [5.74, 6) is 2.44. The lowest BCUT2D eigenvalue weighted by molar-refractivity contribution is 0.269. The molecule has 0 radical (unpaired) electrons. The molecule has 0 saturated carbocycles. The Bertz CT molecular complexity index is 906. The van der Waals surface area contributed by atoms with Crippen LogP contribution in [0.4, 0.5) is 0 Å². The van der Waals surface area contributed by atoms with Gasteiger partial charge in [0.1, 0.15) is 12.4 Å². The smallest absolute Gasteiger partial charge is 0.161 e. The molecule has 3 aromatic rings. The van der Waals surface area contributed by atoms with E-state index in [1.54, 1.807) is 7.11 Å². The molecular weight excluding hydrogens is 362 g/mol. The van der Waals surface area contributed by atoms with Gasteiger partial charge >= 0.3 is 0 Å². The van der Waals surface area contributed by atoms with Crippen molar-refractivity contribution in [1.82, 2.24) is 5.32 Å². The number of benzene rings is 3. The van der Waals surface area contributed by atoms with E-state index in [1.807, 2.05) is 37.3 Å². The average molecular weight is 392 g/mol. The molecule has 0 bridgehead atoms. The Kier molecular flexibility index (Phi) is 7.54. The third kappa shape index (κ3) is 6.00. The second-order valence-corrected chi connectivity index (χ2v) is 6.90. The first-order valence-corrected chi connectivity index (χ1v) is 9.96. The Labute approximate surface area is 173 Å². The fraction of sp³-hybridized carbons (Fsp3) is 0.280. The number of rotatable bonds is 10. The minimum Gasteiger partial charge on any atom is -0.496 e. The molecule has 4 heteroatoms. The van der Waals surface area contributed by atoms with E-state index in [4.69, 9.17) is 14.2 Å². The minimum absolute atomic E-state index is 0.520. The second kappa shape index (κ2) is 10.5. The zero-order valence-electron chi connectivity index (χ0n) is 17.4. The Morgan fingerprint density at radius 1 is 0.759 bits per heavy atom. The maximum atomic E-state index is 6.01. The average Bonchev–Trinajstić information content (AvgIpc) is 2.75. The first-order valence-electron chi connectivity index (χ1n) is 9.96. The topological polar surface area (TPSA) is 39.7 Å². The molecule has 1 N–H and O–H groups in total. The molecule has 0 unspecified atom stereocenters. The van der Waals surface area contributed by atoms with Crippen molar-refractivity contribution >= 4 is 0 Å². The number of hydrogen-bond acceptors (Lipinski definition) is 4.